The summed E-state index contributed by atoms with van der Waals surface area (Å²) in [5.74, 6) is 2.19. The van der Waals surface area contributed by atoms with Crippen LogP contribution in [0.5, 0.6) is 11.5 Å². The molecule has 1 aliphatic heterocycles. The number of rotatable bonds is 6. The second-order valence-electron chi connectivity index (χ2n) is 8.86. The van der Waals surface area contributed by atoms with Gasteiger partial charge in [-0.2, -0.15) is 5.26 Å². The average molecular weight is 443 g/mol. The van der Waals surface area contributed by atoms with Crippen molar-refractivity contribution in [3.05, 3.63) is 76.9 Å². The molecule has 4 rings (SSSR count). The first-order valence-corrected chi connectivity index (χ1v) is 11.5. The lowest BCUT2D eigenvalue weighted by Crippen LogP contribution is -2.43. The van der Waals surface area contributed by atoms with E-state index in [0.717, 1.165) is 54.9 Å². The number of amides is 1. The Morgan fingerprint density at radius 3 is 2.82 bits per heavy atom. The van der Waals surface area contributed by atoms with Gasteiger partial charge in [0.1, 0.15) is 23.4 Å². The third kappa shape index (κ3) is 4.63. The van der Waals surface area contributed by atoms with E-state index in [4.69, 9.17) is 4.74 Å². The minimum atomic E-state index is -0.539. The Bertz CT molecular complexity index is 1190. The molecule has 0 radical (unpaired) electrons. The van der Waals surface area contributed by atoms with Crippen molar-refractivity contribution in [1.29, 1.82) is 5.26 Å². The number of nitriles is 1. The summed E-state index contributed by atoms with van der Waals surface area (Å²) in [6, 6.07) is 15.6. The fourth-order valence-corrected chi connectivity index (χ4v) is 4.77. The van der Waals surface area contributed by atoms with Crippen molar-refractivity contribution in [2.24, 2.45) is 0 Å². The maximum Gasteiger partial charge on any atom is 0.232 e. The van der Waals surface area contributed by atoms with Crippen LogP contribution in [-0.2, 0) is 16.6 Å². The number of nitrogens with one attached hydrogen (secondary N) is 1. The van der Waals surface area contributed by atoms with Gasteiger partial charge < -0.3 is 14.6 Å². The molecule has 2 aromatic carbocycles. The van der Waals surface area contributed by atoms with Gasteiger partial charge in [0.2, 0.25) is 5.91 Å². The van der Waals surface area contributed by atoms with E-state index < -0.39 is 5.41 Å². The van der Waals surface area contributed by atoms with Gasteiger partial charge in [0, 0.05) is 31.9 Å². The van der Waals surface area contributed by atoms with Crippen molar-refractivity contribution < 1.29 is 9.53 Å². The normalized spacial score (nSPS) is 18.6. The Kier molecular flexibility index (Phi) is 6.50. The van der Waals surface area contributed by atoms with Crippen LogP contribution in [0.4, 0.5) is 0 Å². The number of likely N-dealkylation sites (tertiary alicyclic amines) is 1. The van der Waals surface area contributed by atoms with Gasteiger partial charge in [0.05, 0.1) is 11.0 Å². The Morgan fingerprint density at radius 1 is 1.24 bits per heavy atom. The van der Waals surface area contributed by atoms with Gasteiger partial charge in [-0.25, -0.2) is 4.98 Å². The second kappa shape index (κ2) is 9.50. The fourth-order valence-electron chi connectivity index (χ4n) is 4.77. The summed E-state index contributed by atoms with van der Waals surface area (Å²) in [4.78, 5) is 22.7. The molecule has 1 unspecified atom stereocenters. The van der Waals surface area contributed by atoms with Gasteiger partial charge in [-0.1, -0.05) is 31.5 Å². The topological polar surface area (TPSA) is 82.0 Å². The van der Waals surface area contributed by atoms with Crippen molar-refractivity contribution in [3.8, 4) is 17.6 Å². The van der Waals surface area contributed by atoms with E-state index in [2.05, 4.69) is 23.0 Å². The van der Waals surface area contributed by atoms with E-state index >= 15 is 0 Å². The number of carbonyl (C=O) groups excluding carboxylic acids is 1. The summed E-state index contributed by atoms with van der Waals surface area (Å²) in [5, 5.41) is 9.62. The molecule has 1 saturated heterocycles. The van der Waals surface area contributed by atoms with E-state index in [9.17, 15) is 10.1 Å². The predicted molar refractivity (Wildman–Crippen MR) is 127 cm³/mol. The van der Waals surface area contributed by atoms with E-state index in [-0.39, 0.29) is 5.91 Å². The molecule has 170 valence electrons. The molecule has 6 heteroatoms. The average Bonchev–Trinajstić information content (AvgIpc) is 3.17. The molecule has 0 saturated carbocycles. The number of aromatic nitrogens is 2. The Balaban J connectivity index is 1.65. The minimum absolute atomic E-state index is 0.175. The number of carbonyl (C=O) groups is 1. The molecule has 6 nitrogen and oxygen atoms in total. The summed E-state index contributed by atoms with van der Waals surface area (Å²) >= 11 is 0. The smallest absolute Gasteiger partial charge is 0.232 e. The SMILES string of the molecule is CCC1(c2cccc(Oc3cc(Cc4cnc(C)[nH]4)ccc3C#N)c2)CCCCN(C)C1=O. The molecule has 1 atom stereocenters. The second-order valence-corrected chi connectivity index (χ2v) is 8.86. The third-order valence-electron chi connectivity index (χ3n) is 6.64. The van der Waals surface area contributed by atoms with Crippen molar-refractivity contribution in [2.45, 2.75) is 51.4 Å². The van der Waals surface area contributed by atoms with E-state index in [1.54, 1.807) is 6.07 Å². The van der Waals surface area contributed by atoms with Crippen LogP contribution >= 0.6 is 0 Å². The predicted octanol–water partition coefficient (Wildman–Crippen LogP) is 5.26. The highest BCUT2D eigenvalue weighted by molar-refractivity contribution is 5.88. The van der Waals surface area contributed by atoms with Gasteiger partial charge in [0.15, 0.2) is 0 Å². The number of benzene rings is 2. The highest BCUT2D eigenvalue weighted by Gasteiger charge is 2.41. The molecule has 33 heavy (non-hydrogen) atoms. The molecule has 1 fully saturated rings. The lowest BCUT2D eigenvalue weighted by atomic mass is 9.73. The molecular formula is C27H30N4O2. The monoisotopic (exact) mass is 442 g/mol. The molecule has 1 aromatic heterocycles. The number of imidazole rings is 1. The van der Waals surface area contributed by atoms with Crippen molar-refractivity contribution in [1.82, 2.24) is 14.9 Å². The maximum atomic E-state index is 13.3. The molecule has 1 aliphatic rings. The molecular weight excluding hydrogens is 412 g/mol. The van der Waals surface area contributed by atoms with Gasteiger partial charge in [-0.05, 0) is 61.6 Å². The van der Waals surface area contributed by atoms with Crippen LogP contribution in [0.3, 0.4) is 0 Å². The molecule has 1 amide bonds. The summed E-state index contributed by atoms with van der Waals surface area (Å²) < 4.78 is 6.23. The van der Waals surface area contributed by atoms with Crippen LogP contribution in [0.2, 0.25) is 0 Å². The van der Waals surface area contributed by atoms with E-state index in [1.165, 1.54) is 0 Å². The van der Waals surface area contributed by atoms with Gasteiger partial charge in [0.25, 0.3) is 0 Å². The van der Waals surface area contributed by atoms with Gasteiger partial charge in [-0.15, -0.1) is 0 Å². The zero-order chi connectivity index (χ0) is 23.4. The highest BCUT2D eigenvalue weighted by atomic mass is 16.5. The molecule has 1 N–H and O–H groups in total. The van der Waals surface area contributed by atoms with E-state index in [0.29, 0.717) is 23.5 Å². The fraction of sp³-hybridized carbons (Fsp3) is 0.370. The lowest BCUT2D eigenvalue weighted by molar-refractivity contribution is -0.135. The Labute approximate surface area is 195 Å². The summed E-state index contributed by atoms with van der Waals surface area (Å²) in [7, 11) is 1.89. The van der Waals surface area contributed by atoms with Crippen molar-refractivity contribution in [3.63, 3.8) is 0 Å². The largest absolute Gasteiger partial charge is 0.456 e. The Morgan fingerprint density at radius 2 is 2.09 bits per heavy atom. The first kappa shape index (κ1) is 22.6. The molecule has 0 spiro atoms. The van der Waals surface area contributed by atoms with Gasteiger partial charge >= 0.3 is 0 Å². The minimum Gasteiger partial charge on any atom is -0.456 e. The summed E-state index contributed by atoms with van der Waals surface area (Å²) in [6.07, 6.45) is 6.10. The number of aryl methyl sites for hydroxylation is 1. The van der Waals surface area contributed by atoms with Crippen LogP contribution < -0.4 is 4.74 Å². The van der Waals surface area contributed by atoms with E-state index in [1.807, 2.05) is 61.5 Å². The zero-order valence-electron chi connectivity index (χ0n) is 19.5. The van der Waals surface area contributed by atoms with Crippen molar-refractivity contribution >= 4 is 5.91 Å². The van der Waals surface area contributed by atoms with Crippen LogP contribution in [0.15, 0.2) is 48.7 Å². The molecule has 2 heterocycles. The quantitative estimate of drug-likeness (QED) is 0.564. The number of hydrogen-bond donors (Lipinski definition) is 1. The maximum absolute atomic E-state index is 13.3. The van der Waals surface area contributed by atoms with Crippen LogP contribution in [0.1, 0.15) is 60.8 Å². The molecule has 0 bridgehead atoms. The molecule has 3 aromatic rings. The third-order valence-corrected chi connectivity index (χ3v) is 6.64. The highest BCUT2D eigenvalue weighted by Crippen LogP contribution is 2.39. The first-order chi connectivity index (χ1) is 15.9. The summed E-state index contributed by atoms with van der Waals surface area (Å²) in [6.45, 7) is 4.80. The van der Waals surface area contributed by atoms with Crippen LogP contribution in [0, 0.1) is 18.3 Å². The number of ether oxygens (including phenoxy) is 1. The standard InChI is InChI=1S/C27H30N4O2/c1-4-27(12-5-6-13-31(3)26(27)32)22-8-7-9-24(16-22)33-25-15-20(10-11-21(25)17-28)14-23-18-29-19(2)30-23/h7-11,15-16,18H,4-6,12-14H2,1-3H3,(H,29,30). The first-order valence-electron chi connectivity index (χ1n) is 11.5. The van der Waals surface area contributed by atoms with Crippen LogP contribution in [0.25, 0.3) is 0 Å². The number of nitrogens with zero attached hydrogens (tertiary/aromatic N) is 3. The summed E-state index contributed by atoms with van der Waals surface area (Å²) in [5.41, 5.74) is 2.94. The van der Waals surface area contributed by atoms with Crippen LogP contribution in [-0.4, -0.2) is 34.4 Å². The number of H-pyrrole nitrogens is 1. The zero-order valence-corrected chi connectivity index (χ0v) is 19.5. The number of aromatic amines is 1. The lowest BCUT2D eigenvalue weighted by Gasteiger charge is -2.33. The number of likely N-dealkylation sites (N-methyl/N-ethyl adjacent to an activating group) is 1. The Hall–Kier alpha value is -3.59. The number of hydrogen-bond acceptors (Lipinski definition) is 4. The van der Waals surface area contributed by atoms with Crippen molar-refractivity contribution in [2.75, 3.05) is 13.6 Å². The van der Waals surface area contributed by atoms with Gasteiger partial charge in [-0.3, -0.25) is 4.79 Å². The molecule has 0 aliphatic carbocycles.